The second-order valence-corrected chi connectivity index (χ2v) is 5.59. The molecule has 1 amide bonds. The van der Waals surface area contributed by atoms with Gasteiger partial charge in [0.1, 0.15) is 12.4 Å². The van der Waals surface area contributed by atoms with E-state index in [0.717, 1.165) is 11.4 Å². The Kier molecular flexibility index (Phi) is 5.26. The molecule has 1 atom stereocenters. The van der Waals surface area contributed by atoms with Crippen molar-refractivity contribution in [1.29, 1.82) is 0 Å². The molecule has 0 aliphatic heterocycles. The van der Waals surface area contributed by atoms with E-state index in [1.165, 1.54) is 11.6 Å². The first-order chi connectivity index (χ1) is 9.65. The van der Waals surface area contributed by atoms with E-state index in [2.05, 4.69) is 16.8 Å². The van der Waals surface area contributed by atoms with Crippen molar-refractivity contribution < 1.29 is 14.1 Å². The molecule has 1 unspecified atom stereocenters. The summed E-state index contributed by atoms with van der Waals surface area (Å²) >= 11 is 1.65. The third-order valence-electron chi connectivity index (χ3n) is 2.98. The van der Waals surface area contributed by atoms with Crippen LogP contribution in [0.1, 0.15) is 11.1 Å². The molecule has 0 saturated heterocycles. The number of amides is 1. The highest BCUT2D eigenvalue weighted by atomic mass is 32.1. The number of hydrogen-bond donors (Lipinski definition) is 2. The predicted molar refractivity (Wildman–Crippen MR) is 78.0 cm³/mol. The Morgan fingerprint density at radius 2 is 2.15 bits per heavy atom. The number of rotatable bonds is 6. The van der Waals surface area contributed by atoms with E-state index in [9.17, 15) is 9.18 Å². The van der Waals surface area contributed by atoms with Crippen molar-refractivity contribution in [3.05, 3.63) is 58.0 Å². The molecule has 2 aromatic rings. The molecule has 3 nitrogen and oxygen atoms in total. The standard InChI is InChI=1S/C15H17FN2OS/c1-18(9-12-6-7-20-11-12)10-15(19)17-8-13-4-2-3-5-14(13)16/h2-7,11H,8-10H2,1H3,(H,17,19)/p+1. The van der Waals surface area contributed by atoms with Crippen LogP contribution >= 0.6 is 11.3 Å². The van der Waals surface area contributed by atoms with E-state index in [-0.39, 0.29) is 18.3 Å². The Bertz CT molecular complexity index is 557. The van der Waals surface area contributed by atoms with E-state index >= 15 is 0 Å². The van der Waals surface area contributed by atoms with E-state index in [4.69, 9.17) is 0 Å². The van der Waals surface area contributed by atoms with Gasteiger partial charge in [0.15, 0.2) is 6.54 Å². The van der Waals surface area contributed by atoms with Crippen LogP contribution < -0.4 is 10.2 Å². The molecule has 5 heteroatoms. The average Bonchev–Trinajstić information content (AvgIpc) is 2.90. The fraction of sp³-hybridized carbons (Fsp3) is 0.267. The zero-order valence-corrected chi connectivity index (χ0v) is 12.2. The molecular weight excluding hydrogens is 275 g/mol. The summed E-state index contributed by atoms with van der Waals surface area (Å²) < 4.78 is 13.4. The minimum atomic E-state index is -0.285. The SMILES string of the molecule is C[NH+](CC(=O)NCc1ccccc1F)Cc1ccsc1. The summed E-state index contributed by atoms with van der Waals surface area (Å²) in [6.45, 7) is 1.43. The van der Waals surface area contributed by atoms with Crippen LogP contribution in [0.5, 0.6) is 0 Å². The summed E-state index contributed by atoms with van der Waals surface area (Å²) in [5, 5.41) is 6.87. The van der Waals surface area contributed by atoms with Gasteiger partial charge in [0.2, 0.25) is 0 Å². The molecule has 1 aromatic heterocycles. The topological polar surface area (TPSA) is 33.5 Å². The number of carbonyl (C=O) groups excluding carboxylic acids is 1. The first-order valence-electron chi connectivity index (χ1n) is 6.47. The Hall–Kier alpha value is -1.72. The lowest BCUT2D eigenvalue weighted by Gasteiger charge is -2.13. The van der Waals surface area contributed by atoms with Gasteiger partial charge in [-0.2, -0.15) is 11.3 Å². The van der Waals surface area contributed by atoms with Crippen LogP contribution in [-0.2, 0) is 17.9 Å². The lowest BCUT2D eigenvalue weighted by atomic mass is 10.2. The van der Waals surface area contributed by atoms with Gasteiger partial charge in [-0.3, -0.25) is 4.79 Å². The Labute approximate surface area is 122 Å². The molecule has 0 spiro atoms. The van der Waals surface area contributed by atoms with Gasteiger partial charge in [0, 0.05) is 17.7 Å². The molecule has 0 aliphatic rings. The van der Waals surface area contributed by atoms with Crippen molar-refractivity contribution in [1.82, 2.24) is 5.32 Å². The van der Waals surface area contributed by atoms with Gasteiger partial charge in [-0.1, -0.05) is 18.2 Å². The first kappa shape index (κ1) is 14.7. The first-order valence-corrected chi connectivity index (χ1v) is 7.42. The summed E-state index contributed by atoms with van der Waals surface area (Å²) in [5.74, 6) is -0.354. The summed E-state index contributed by atoms with van der Waals surface area (Å²) in [5.41, 5.74) is 1.74. The second-order valence-electron chi connectivity index (χ2n) is 4.81. The summed E-state index contributed by atoms with van der Waals surface area (Å²) in [4.78, 5) is 12.9. The van der Waals surface area contributed by atoms with Gasteiger partial charge in [0.25, 0.3) is 5.91 Å². The molecule has 0 radical (unpaired) electrons. The highest BCUT2D eigenvalue weighted by molar-refractivity contribution is 7.07. The summed E-state index contributed by atoms with van der Waals surface area (Å²) in [6, 6.07) is 8.54. The average molecular weight is 293 g/mol. The van der Waals surface area contributed by atoms with Gasteiger partial charge in [-0.15, -0.1) is 0 Å². The minimum Gasteiger partial charge on any atom is -0.347 e. The fourth-order valence-electron chi connectivity index (χ4n) is 1.98. The largest absolute Gasteiger partial charge is 0.347 e. The molecular formula is C15H18FN2OS+. The zero-order valence-electron chi connectivity index (χ0n) is 11.4. The lowest BCUT2D eigenvalue weighted by Crippen LogP contribution is -3.08. The zero-order chi connectivity index (χ0) is 14.4. The maximum Gasteiger partial charge on any atom is 0.275 e. The van der Waals surface area contributed by atoms with Crippen LogP contribution in [-0.4, -0.2) is 19.5 Å². The van der Waals surface area contributed by atoms with Gasteiger partial charge in [-0.05, 0) is 22.9 Å². The van der Waals surface area contributed by atoms with E-state index in [0.29, 0.717) is 12.1 Å². The van der Waals surface area contributed by atoms with Crippen LogP contribution in [0.25, 0.3) is 0 Å². The molecule has 2 rings (SSSR count). The van der Waals surface area contributed by atoms with Crippen molar-refractivity contribution >= 4 is 17.2 Å². The Morgan fingerprint density at radius 3 is 2.85 bits per heavy atom. The predicted octanol–water partition coefficient (Wildman–Crippen LogP) is 1.22. The quantitative estimate of drug-likeness (QED) is 0.825. The van der Waals surface area contributed by atoms with Gasteiger partial charge in [-0.25, -0.2) is 4.39 Å². The Balaban J connectivity index is 1.76. The number of thiophene rings is 1. The van der Waals surface area contributed by atoms with Crippen molar-refractivity contribution in [3.8, 4) is 0 Å². The molecule has 1 heterocycles. The van der Waals surface area contributed by atoms with Gasteiger partial charge >= 0.3 is 0 Å². The molecule has 0 saturated carbocycles. The number of nitrogens with one attached hydrogen (secondary N) is 2. The molecule has 0 bridgehead atoms. The van der Waals surface area contributed by atoms with Crippen molar-refractivity contribution in [2.45, 2.75) is 13.1 Å². The maximum absolute atomic E-state index is 13.4. The second kappa shape index (κ2) is 7.17. The van der Waals surface area contributed by atoms with Crippen molar-refractivity contribution in [3.63, 3.8) is 0 Å². The van der Waals surface area contributed by atoms with Crippen molar-refractivity contribution in [2.24, 2.45) is 0 Å². The molecule has 0 fully saturated rings. The number of benzene rings is 1. The molecule has 20 heavy (non-hydrogen) atoms. The highest BCUT2D eigenvalue weighted by Gasteiger charge is 2.11. The number of hydrogen-bond acceptors (Lipinski definition) is 2. The van der Waals surface area contributed by atoms with E-state index in [1.807, 2.05) is 12.4 Å². The fourth-order valence-corrected chi connectivity index (χ4v) is 2.64. The molecule has 106 valence electrons. The summed E-state index contributed by atoms with van der Waals surface area (Å²) in [6.07, 6.45) is 0. The highest BCUT2D eigenvalue weighted by Crippen LogP contribution is 2.05. The van der Waals surface area contributed by atoms with Crippen molar-refractivity contribution in [2.75, 3.05) is 13.6 Å². The summed E-state index contributed by atoms with van der Waals surface area (Å²) in [7, 11) is 1.97. The van der Waals surface area contributed by atoms with Gasteiger partial charge in [0.05, 0.1) is 7.05 Å². The normalized spacial score (nSPS) is 12.1. The van der Waals surface area contributed by atoms with Crippen LogP contribution in [0.3, 0.4) is 0 Å². The maximum atomic E-state index is 13.4. The molecule has 1 aromatic carbocycles. The number of quaternary nitrogens is 1. The van der Waals surface area contributed by atoms with E-state index < -0.39 is 0 Å². The van der Waals surface area contributed by atoms with Crippen LogP contribution in [0.2, 0.25) is 0 Å². The smallest absolute Gasteiger partial charge is 0.275 e. The third kappa shape index (κ3) is 4.43. The molecule has 0 aliphatic carbocycles. The van der Waals surface area contributed by atoms with Crippen LogP contribution in [0.4, 0.5) is 4.39 Å². The number of likely N-dealkylation sites (N-methyl/N-ethyl adjacent to an activating group) is 1. The Morgan fingerprint density at radius 1 is 1.35 bits per heavy atom. The monoisotopic (exact) mass is 293 g/mol. The third-order valence-corrected chi connectivity index (χ3v) is 3.71. The lowest BCUT2D eigenvalue weighted by molar-refractivity contribution is -0.885. The van der Waals surface area contributed by atoms with E-state index in [1.54, 1.807) is 29.5 Å². The molecule has 2 N–H and O–H groups in total. The number of carbonyl (C=O) groups is 1. The van der Waals surface area contributed by atoms with Crippen LogP contribution in [0, 0.1) is 5.82 Å². The van der Waals surface area contributed by atoms with Gasteiger partial charge < -0.3 is 10.2 Å². The number of halogens is 1. The van der Waals surface area contributed by atoms with Crippen LogP contribution in [0.15, 0.2) is 41.1 Å². The minimum absolute atomic E-state index is 0.0685.